The van der Waals surface area contributed by atoms with Crippen molar-refractivity contribution in [3.63, 3.8) is 0 Å². The number of hydrazone groups is 2. The largest absolute Gasteiger partial charge is 0.461 e. The third-order valence-corrected chi connectivity index (χ3v) is 5.66. The normalized spacial score (nSPS) is 16.5. The number of hydrogen-bond acceptors (Lipinski definition) is 10. The number of non-ortho nitro benzene ring substituents is 2. The molecule has 196 valence electrons. The van der Waals surface area contributed by atoms with Crippen LogP contribution in [0.5, 0.6) is 0 Å². The van der Waals surface area contributed by atoms with E-state index in [-0.39, 0.29) is 38.9 Å². The Morgan fingerprint density at radius 1 is 0.846 bits per heavy atom. The van der Waals surface area contributed by atoms with Gasteiger partial charge in [0.05, 0.1) is 9.85 Å². The molecule has 0 saturated carbocycles. The maximum absolute atomic E-state index is 12.7. The zero-order valence-corrected chi connectivity index (χ0v) is 20.3. The van der Waals surface area contributed by atoms with Crippen molar-refractivity contribution in [2.75, 3.05) is 0 Å². The highest BCUT2D eigenvalue weighted by Crippen LogP contribution is 2.31. The summed E-state index contributed by atoms with van der Waals surface area (Å²) in [7, 11) is 0. The van der Waals surface area contributed by atoms with Gasteiger partial charge in [-0.25, -0.2) is 10.9 Å². The number of nitro benzene ring substituents is 2. The van der Waals surface area contributed by atoms with Crippen LogP contribution in [-0.2, 0) is 4.74 Å². The van der Waals surface area contributed by atoms with Crippen molar-refractivity contribution in [1.29, 1.82) is 5.41 Å². The number of carbonyl (C=O) groups excluding carboxylic acids is 2. The molecule has 4 rings (SSSR count). The molecule has 14 nitrogen and oxygen atoms in total. The molecule has 0 unspecified atom stereocenters. The summed E-state index contributed by atoms with van der Waals surface area (Å²) in [4.78, 5) is 46.0. The van der Waals surface area contributed by atoms with E-state index in [1.54, 1.807) is 24.3 Å². The summed E-state index contributed by atoms with van der Waals surface area (Å²) in [6.07, 6.45) is -1.11. The number of carbonyl (C=O) groups is 2. The number of rotatable bonds is 7. The fourth-order valence-corrected chi connectivity index (χ4v) is 3.69. The summed E-state index contributed by atoms with van der Waals surface area (Å²) >= 11 is 6.30. The molecule has 15 heteroatoms. The lowest BCUT2D eigenvalue weighted by atomic mass is 10.0. The van der Waals surface area contributed by atoms with Crippen LogP contribution in [0.25, 0.3) is 0 Å². The van der Waals surface area contributed by atoms with Gasteiger partial charge in [-0.1, -0.05) is 41.9 Å². The lowest BCUT2D eigenvalue weighted by molar-refractivity contribution is -0.385. The van der Waals surface area contributed by atoms with Crippen molar-refractivity contribution in [3.05, 3.63) is 115 Å². The molecule has 0 bridgehead atoms. The number of benzene rings is 3. The van der Waals surface area contributed by atoms with Gasteiger partial charge < -0.3 is 4.74 Å². The smallest absolute Gasteiger partial charge is 0.271 e. The van der Waals surface area contributed by atoms with E-state index in [9.17, 15) is 29.8 Å². The van der Waals surface area contributed by atoms with Crippen molar-refractivity contribution >= 4 is 52.1 Å². The van der Waals surface area contributed by atoms with E-state index in [1.807, 2.05) is 0 Å². The molecule has 0 radical (unpaired) electrons. The van der Waals surface area contributed by atoms with Crippen LogP contribution in [0.15, 0.2) is 83.0 Å². The Labute approximate surface area is 223 Å². The summed E-state index contributed by atoms with van der Waals surface area (Å²) in [6, 6.07) is 16.4. The number of amides is 2. The van der Waals surface area contributed by atoms with Crippen LogP contribution in [-0.4, -0.2) is 39.0 Å². The number of nitrogens with zero attached hydrogens (tertiary/aromatic N) is 4. The minimum absolute atomic E-state index is 0.0608. The van der Waals surface area contributed by atoms with Gasteiger partial charge in [0, 0.05) is 46.0 Å². The van der Waals surface area contributed by atoms with Crippen LogP contribution < -0.4 is 10.9 Å². The number of ether oxygens (including phenoxy) is 1. The molecule has 1 atom stereocenters. The van der Waals surface area contributed by atoms with Gasteiger partial charge >= 0.3 is 0 Å². The first-order valence-electron chi connectivity index (χ1n) is 10.9. The highest BCUT2D eigenvalue weighted by molar-refractivity contribution is 6.69. The monoisotopic (exact) mass is 549 g/mol. The summed E-state index contributed by atoms with van der Waals surface area (Å²) in [5.41, 5.74) is 3.71. The first-order chi connectivity index (χ1) is 18.7. The van der Waals surface area contributed by atoms with Crippen molar-refractivity contribution in [2.45, 2.75) is 6.10 Å². The second kappa shape index (κ2) is 11.3. The highest BCUT2D eigenvalue weighted by atomic mass is 35.5. The fourth-order valence-electron chi connectivity index (χ4n) is 3.46. The Hall–Kier alpha value is -5.50. The summed E-state index contributed by atoms with van der Waals surface area (Å²) in [5, 5.41) is 38.5. The molecular weight excluding hydrogens is 534 g/mol. The average Bonchev–Trinajstić information content (AvgIpc) is 3.25. The molecule has 3 N–H and O–H groups in total. The molecule has 0 spiro atoms. The van der Waals surface area contributed by atoms with Gasteiger partial charge in [-0.05, 0) is 18.2 Å². The first-order valence-corrected chi connectivity index (χ1v) is 11.3. The van der Waals surface area contributed by atoms with Crippen molar-refractivity contribution < 1.29 is 24.2 Å². The third kappa shape index (κ3) is 5.91. The van der Waals surface area contributed by atoms with Crippen LogP contribution in [0.3, 0.4) is 0 Å². The van der Waals surface area contributed by atoms with E-state index in [1.165, 1.54) is 36.4 Å². The van der Waals surface area contributed by atoms with Gasteiger partial charge in [-0.2, -0.15) is 10.2 Å². The predicted molar refractivity (Wildman–Crippen MR) is 139 cm³/mol. The zero-order chi connectivity index (χ0) is 28.1. The Morgan fingerprint density at radius 3 is 1.92 bits per heavy atom. The van der Waals surface area contributed by atoms with Crippen molar-refractivity contribution in [3.8, 4) is 0 Å². The predicted octanol–water partition coefficient (Wildman–Crippen LogP) is 3.78. The Balaban J connectivity index is 1.66. The van der Waals surface area contributed by atoms with Crippen LogP contribution in [0.4, 0.5) is 11.4 Å². The quantitative estimate of drug-likeness (QED) is 0.293. The minimum atomic E-state index is -1.11. The van der Waals surface area contributed by atoms with E-state index < -0.39 is 33.7 Å². The topological polar surface area (TPSA) is 202 Å². The SMILES string of the molecule is N=C1O[C@H](c2ccccc2Cl)C(=N\NC(=O)c2cccc([N+](=O)[O-])c2)/C1=N\NC(=O)c1cccc([N+](=O)[O-])c1. The number of nitrogens with one attached hydrogen (secondary N) is 3. The highest BCUT2D eigenvalue weighted by Gasteiger charge is 2.38. The lowest BCUT2D eigenvalue weighted by Crippen LogP contribution is -2.28. The van der Waals surface area contributed by atoms with E-state index in [0.717, 1.165) is 12.1 Å². The van der Waals surface area contributed by atoms with Crippen molar-refractivity contribution in [1.82, 2.24) is 10.9 Å². The lowest BCUT2D eigenvalue weighted by Gasteiger charge is -2.12. The summed E-state index contributed by atoms with van der Waals surface area (Å²) in [5.74, 6) is -2.13. The number of halogens is 1. The van der Waals surface area contributed by atoms with Gasteiger partial charge in [0.1, 0.15) is 5.71 Å². The molecule has 39 heavy (non-hydrogen) atoms. The van der Waals surface area contributed by atoms with Gasteiger partial charge in [-0.15, -0.1) is 0 Å². The molecule has 1 fully saturated rings. The molecule has 1 heterocycles. The second-order valence-electron chi connectivity index (χ2n) is 7.80. The standard InChI is InChI=1S/C24H16ClN7O7/c25-18-10-2-1-9-17(18)21-19(27-29-23(33)13-5-3-7-15(11-13)31(35)36)20(22(26)39-21)28-30-24(34)14-6-4-8-16(12-14)32(37)38/h1-12,21,26H,(H,29,33)(H,30,34)/b26-22?,27-19-,28-20+/t21-/m1/s1. The molecule has 3 aromatic carbocycles. The van der Waals surface area contributed by atoms with Crippen LogP contribution >= 0.6 is 11.6 Å². The molecule has 1 aliphatic rings. The van der Waals surface area contributed by atoms with E-state index >= 15 is 0 Å². The maximum atomic E-state index is 12.7. The van der Waals surface area contributed by atoms with E-state index in [4.69, 9.17) is 21.7 Å². The molecular formula is C24H16ClN7O7. The molecule has 0 aromatic heterocycles. The number of nitro groups is 2. The second-order valence-corrected chi connectivity index (χ2v) is 8.21. The van der Waals surface area contributed by atoms with Gasteiger partial charge in [0.25, 0.3) is 23.2 Å². The molecule has 1 saturated heterocycles. The van der Waals surface area contributed by atoms with Gasteiger partial charge in [0.2, 0.25) is 5.90 Å². The zero-order valence-electron chi connectivity index (χ0n) is 19.5. The Morgan fingerprint density at radius 2 is 1.38 bits per heavy atom. The van der Waals surface area contributed by atoms with E-state index in [2.05, 4.69) is 21.1 Å². The molecule has 2 amide bonds. The minimum Gasteiger partial charge on any atom is -0.461 e. The molecule has 3 aromatic rings. The Bertz CT molecular complexity index is 1590. The first kappa shape index (κ1) is 26.6. The molecule has 0 aliphatic carbocycles. The Kier molecular flexibility index (Phi) is 7.67. The van der Waals surface area contributed by atoms with Crippen LogP contribution in [0, 0.1) is 25.6 Å². The number of hydrogen-bond donors (Lipinski definition) is 3. The average molecular weight is 550 g/mol. The van der Waals surface area contributed by atoms with Crippen LogP contribution in [0.1, 0.15) is 32.4 Å². The molecule has 1 aliphatic heterocycles. The van der Waals surface area contributed by atoms with Crippen LogP contribution in [0.2, 0.25) is 5.02 Å². The summed E-state index contributed by atoms with van der Waals surface area (Å²) in [6.45, 7) is 0. The summed E-state index contributed by atoms with van der Waals surface area (Å²) < 4.78 is 5.59. The maximum Gasteiger partial charge on any atom is 0.271 e. The third-order valence-electron chi connectivity index (χ3n) is 5.31. The van der Waals surface area contributed by atoms with Crippen molar-refractivity contribution in [2.24, 2.45) is 10.2 Å². The van der Waals surface area contributed by atoms with Gasteiger partial charge in [0.15, 0.2) is 11.8 Å². The van der Waals surface area contributed by atoms with E-state index in [0.29, 0.717) is 5.56 Å². The van der Waals surface area contributed by atoms with Gasteiger partial charge in [-0.3, -0.25) is 35.2 Å². The fraction of sp³-hybridized carbons (Fsp3) is 0.0417.